The Balaban J connectivity index is 1.78. The van der Waals surface area contributed by atoms with Gasteiger partial charge in [0.25, 0.3) is 0 Å². The van der Waals surface area contributed by atoms with Gasteiger partial charge in [0.2, 0.25) is 5.91 Å². The van der Waals surface area contributed by atoms with Crippen LogP contribution in [-0.4, -0.2) is 36.0 Å². The maximum Gasteiger partial charge on any atom is 0.224 e. The SMILES string of the molecule is CCCCN(C(=O)CC1CCCN1)C1CC1. The van der Waals surface area contributed by atoms with Gasteiger partial charge in [0.05, 0.1) is 0 Å². The van der Waals surface area contributed by atoms with Crippen molar-refractivity contribution in [2.45, 2.75) is 64.0 Å². The van der Waals surface area contributed by atoms with Crippen LogP contribution in [0, 0.1) is 0 Å². The standard InChI is InChI=1S/C13H24N2O/c1-2-3-9-15(12-6-7-12)13(16)10-11-5-4-8-14-11/h11-12,14H,2-10H2,1H3. The maximum atomic E-state index is 12.2. The van der Waals surface area contributed by atoms with Gasteiger partial charge in [0.1, 0.15) is 0 Å². The van der Waals surface area contributed by atoms with Crippen LogP contribution in [0.4, 0.5) is 0 Å². The summed E-state index contributed by atoms with van der Waals surface area (Å²) in [5.41, 5.74) is 0. The fourth-order valence-corrected chi connectivity index (χ4v) is 2.48. The van der Waals surface area contributed by atoms with Gasteiger partial charge in [-0.25, -0.2) is 0 Å². The van der Waals surface area contributed by atoms with Crippen LogP contribution in [-0.2, 0) is 4.79 Å². The molecule has 0 bridgehead atoms. The minimum atomic E-state index is 0.385. The topological polar surface area (TPSA) is 32.3 Å². The zero-order chi connectivity index (χ0) is 11.4. The third-order valence-electron chi connectivity index (χ3n) is 3.64. The highest BCUT2D eigenvalue weighted by atomic mass is 16.2. The van der Waals surface area contributed by atoms with E-state index in [2.05, 4.69) is 17.1 Å². The number of carbonyl (C=O) groups is 1. The molecule has 2 fully saturated rings. The van der Waals surface area contributed by atoms with Crippen LogP contribution in [0.3, 0.4) is 0 Å². The van der Waals surface area contributed by atoms with Crippen molar-refractivity contribution in [2.24, 2.45) is 0 Å². The molecule has 1 saturated heterocycles. The molecular formula is C13H24N2O. The summed E-state index contributed by atoms with van der Waals surface area (Å²) in [5, 5.41) is 3.41. The van der Waals surface area contributed by atoms with Crippen LogP contribution in [0.1, 0.15) is 51.9 Å². The first-order chi connectivity index (χ1) is 7.81. The summed E-state index contributed by atoms with van der Waals surface area (Å²) in [4.78, 5) is 14.3. The zero-order valence-electron chi connectivity index (χ0n) is 10.4. The first-order valence-corrected chi connectivity index (χ1v) is 6.84. The van der Waals surface area contributed by atoms with Gasteiger partial charge in [0, 0.05) is 25.0 Å². The predicted molar refractivity (Wildman–Crippen MR) is 65.3 cm³/mol. The lowest BCUT2D eigenvalue weighted by Gasteiger charge is -2.23. The van der Waals surface area contributed by atoms with Gasteiger partial charge in [-0.3, -0.25) is 4.79 Å². The number of unbranched alkanes of at least 4 members (excludes halogenated alkanes) is 1. The van der Waals surface area contributed by atoms with Crippen LogP contribution < -0.4 is 5.32 Å². The van der Waals surface area contributed by atoms with E-state index in [-0.39, 0.29) is 0 Å². The molecule has 0 spiro atoms. The third kappa shape index (κ3) is 3.21. The second-order valence-corrected chi connectivity index (χ2v) is 5.17. The van der Waals surface area contributed by atoms with E-state index in [9.17, 15) is 4.79 Å². The second kappa shape index (κ2) is 5.67. The smallest absolute Gasteiger partial charge is 0.224 e. The van der Waals surface area contributed by atoms with Crippen LogP contribution in [0.5, 0.6) is 0 Å². The lowest BCUT2D eigenvalue weighted by atomic mass is 10.1. The van der Waals surface area contributed by atoms with E-state index >= 15 is 0 Å². The average Bonchev–Trinajstić information content (AvgIpc) is 2.98. The number of rotatable bonds is 6. The summed E-state index contributed by atoms with van der Waals surface area (Å²) >= 11 is 0. The van der Waals surface area contributed by atoms with E-state index in [0.717, 1.165) is 25.9 Å². The summed E-state index contributed by atoms with van der Waals surface area (Å²) in [7, 11) is 0. The van der Waals surface area contributed by atoms with E-state index in [4.69, 9.17) is 0 Å². The van der Waals surface area contributed by atoms with E-state index in [1.54, 1.807) is 0 Å². The maximum absolute atomic E-state index is 12.2. The zero-order valence-corrected chi connectivity index (χ0v) is 10.4. The molecule has 1 saturated carbocycles. The minimum absolute atomic E-state index is 0.385. The molecule has 0 radical (unpaired) electrons. The number of amides is 1. The van der Waals surface area contributed by atoms with E-state index in [1.165, 1.54) is 32.1 Å². The van der Waals surface area contributed by atoms with E-state index < -0.39 is 0 Å². The van der Waals surface area contributed by atoms with Crippen molar-refractivity contribution in [1.29, 1.82) is 0 Å². The molecule has 3 nitrogen and oxygen atoms in total. The van der Waals surface area contributed by atoms with Crippen molar-refractivity contribution >= 4 is 5.91 Å². The van der Waals surface area contributed by atoms with Crippen molar-refractivity contribution in [3.63, 3.8) is 0 Å². The van der Waals surface area contributed by atoms with Crippen molar-refractivity contribution in [3.8, 4) is 0 Å². The van der Waals surface area contributed by atoms with Gasteiger partial charge in [-0.1, -0.05) is 13.3 Å². The first-order valence-electron chi connectivity index (χ1n) is 6.84. The number of nitrogens with one attached hydrogen (secondary N) is 1. The normalized spacial score (nSPS) is 24.7. The molecule has 16 heavy (non-hydrogen) atoms. The van der Waals surface area contributed by atoms with Crippen molar-refractivity contribution in [3.05, 3.63) is 0 Å². The molecule has 92 valence electrons. The number of carbonyl (C=O) groups excluding carboxylic acids is 1. The highest BCUT2D eigenvalue weighted by Gasteiger charge is 2.33. The molecule has 1 heterocycles. The molecule has 2 rings (SSSR count). The second-order valence-electron chi connectivity index (χ2n) is 5.17. The third-order valence-corrected chi connectivity index (χ3v) is 3.64. The Morgan fingerprint density at radius 3 is 2.75 bits per heavy atom. The number of hydrogen-bond donors (Lipinski definition) is 1. The lowest BCUT2D eigenvalue weighted by Crippen LogP contribution is -2.38. The number of nitrogens with zero attached hydrogens (tertiary/aromatic N) is 1. The van der Waals surface area contributed by atoms with E-state index in [0.29, 0.717) is 18.0 Å². The molecule has 1 N–H and O–H groups in total. The molecule has 1 amide bonds. The Kier molecular flexibility index (Phi) is 4.22. The van der Waals surface area contributed by atoms with Crippen molar-refractivity contribution < 1.29 is 4.79 Å². The molecule has 0 aromatic carbocycles. The number of hydrogen-bond acceptors (Lipinski definition) is 2. The van der Waals surface area contributed by atoms with Gasteiger partial charge in [0.15, 0.2) is 0 Å². The van der Waals surface area contributed by atoms with Crippen LogP contribution in [0.25, 0.3) is 0 Å². The quantitative estimate of drug-likeness (QED) is 0.747. The van der Waals surface area contributed by atoms with Crippen LogP contribution in [0.15, 0.2) is 0 Å². The molecule has 1 aliphatic heterocycles. The molecule has 1 aliphatic carbocycles. The van der Waals surface area contributed by atoms with Gasteiger partial charge < -0.3 is 10.2 Å². The Morgan fingerprint density at radius 2 is 2.19 bits per heavy atom. The van der Waals surface area contributed by atoms with Gasteiger partial charge in [-0.2, -0.15) is 0 Å². The summed E-state index contributed by atoms with van der Waals surface area (Å²) in [6, 6.07) is 1.04. The van der Waals surface area contributed by atoms with Crippen LogP contribution in [0.2, 0.25) is 0 Å². The minimum Gasteiger partial charge on any atom is -0.340 e. The summed E-state index contributed by atoms with van der Waals surface area (Å²) in [6.45, 7) is 4.26. The Labute approximate surface area is 98.6 Å². The average molecular weight is 224 g/mol. The van der Waals surface area contributed by atoms with Gasteiger partial charge in [-0.05, 0) is 38.6 Å². The highest BCUT2D eigenvalue weighted by molar-refractivity contribution is 5.77. The van der Waals surface area contributed by atoms with E-state index in [1.807, 2.05) is 0 Å². The van der Waals surface area contributed by atoms with Crippen molar-refractivity contribution in [2.75, 3.05) is 13.1 Å². The molecular weight excluding hydrogens is 200 g/mol. The van der Waals surface area contributed by atoms with Gasteiger partial charge in [-0.15, -0.1) is 0 Å². The van der Waals surface area contributed by atoms with Crippen LogP contribution >= 0.6 is 0 Å². The summed E-state index contributed by atoms with van der Waals surface area (Å²) in [5.74, 6) is 0.385. The summed E-state index contributed by atoms with van der Waals surface area (Å²) in [6.07, 6.45) is 7.92. The molecule has 0 aromatic rings. The molecule has 0 aromatic heterocycles. The monoisotopic (exact) mass is 224 g/mol. The predicted octanol–water partition coefficient (Wildman–Crippen LogP) is 1.92. The van der Waals surface area contributed by atoms with Gasteiger partial charge >= 0.3 is 0 Å². The summed E-state index contributed by atoms with van der Waals surface area (Å²) < 4.78 is 0. The molecule has 3 heteroatoms. The first kappa shape index (κ1) is 11.9. The fraction of sp³-hybridized carbons (Fsp3) is 0.923. The molecule has 1 atom stereocenters. The molecule has 1 unspecified atom stereocenters. The Bertz CT molecular complexity index is 232. The highest BCUT2D eigenvalue weighted by Crippen LogP contribution is 2.28. The lowest BCUT2D eigenvalue weighted by molar-refractivity contribution is -0.132. The Morgan fingerprint density at radius 1 is 1.38 bits per heavy atom. The largest absolute Gasteiger partial charge is 0.340 e. The Hall–Kier alpha value is -0.570. The fourth-order valence-electron chi connectivity index (χ4n) is 2.48. The molecule has 2 aliphatic rings. The van der Waals surface area contributed by atoms with Crippen molar-refractivity contribution in [1.82, 2.24) is 10.2 Å².